The molecule has 0 aliphatic carbocycles. The van der Waals surface area contributed by atoms with E-state index in [2.05, 4.69) is 4.98 Å². The monoisotopic (exact) mass is 263 g/mol. The molecule has 0 saturated heterocycles. The third-order valence-corrected chi connectivity index (χ3v) is 2.95. The number of nitrogens with zero attached hydrogens (tertiary/aromatic N) is 1. The summed E-state index contributed by atoms with van der Waals surface area (Å²) in [5, 5.41) is 8.65. The molecule has 8 heteroatoms. The zero-order valence-corrected chi connectivity index (χ0v) is 8.80. The minimum absolute atomic E-state index is 0.0384. The molecule has 0 saturated carbocycles. The van der Waals surface area contributed by atoms with Gasteiger partial charge in [0.25, 0.3) is 0 Å². The number of carbonyl (C=O) groups is 1. The average Bonchev–Trinajstić information content (AvgIpc) is 2.85. The lowest BCUT2D eigenvalue weighted by Crippen LogP contribution is -2.11. The van der Waals surface area contributed by atoms with Crippen LogP contribution in [0.2, 0.25) is 0 Å². The molecule has 2 aromatic heterocycles. The van der Waals surface area contributed by atoms with Gasteiger partial charge < -0.3 is 9.52 Å². The zero-order chi connectivity index (χ0) is 12.6. The number of alkyl halides is 3. The molecule has 0 aliphatic rings. The van der Waals surface area contributed by atoms with E-state index >= 15 is 0 Å². The summed E-state index contributed by atoms with van der Waals surface area (Å²) in [7, 11) is 0. The fraction of sp³-hybridized carbons (Fsp3) is 0.111. The zero-order valence-electron chi connectivity index (χ0n) is 7.99. The third kappa shape index (κ3) is 2.16. The molecule has 0 unspecified atom stereocenters. The van der Waals surface area contributed by atoms with Gasteiger partial charge in [-0.2, -0.15) is 13.2 Å². The van der Waals surface area contributed by atoms with Crippen molar-refractivity contribution < 1.29 is 27.5 Å². The Morgan fingerprint density at radius 2 is 2.18 bits per heavy atom. The molecular formula is C9H4F3NO3S. The van der Waals surface area contributed by atoms with E-state index in [1.54, 1.807) is 0 Å². The van der Waals surface area contributed by atoms with Crippen molar-refractivity contribution in [2.45, 2.75) is 6.18 Å². The Morgan fingerprint density at radius 3 is 2.59 bits per heavy atom. The fourth-order valence-electron chi connectivity index (χ4n) is 1.17. The molecule has 2 aromatic rings. The predicted octanol–water partition coefficient (Wildman–Crippen LogP) is 3.12. The molecule has 0 aliphatic heterocycles. The summed E-state index contributed by atoms with van der Waals surface area (Å²) in [5.74, 6) is -1.65. The minimum atomic E-state index is -4.79. The minimum Gasteiger partial charge on any atom is -0.477 e. The summed E-state index contributed by atoms with van der Waals surface area (Å²) in [4.78, 5) is 13.2. The maximum atomic E-state index is 12.5. The van der Waals surface area contributed by atoms with Crippen LogP contribution in [0, 0.1) is 0 Å². The maximum absolute atomic E-state index is 12.5. The van der Waals surface area contributed by atoms with Gasteiger partial charge in [0.05, 0.1) is 6.26 Å². The Labute approximate surface area is 96.3 Å². The molecule has 0 atom stereocenters. The van der Waals surface area contributed by atoms with E-state index in [4.69, 9.17) is 9.52 Å². The second-order valence-electron chi connectivity index (χ2n) is 3.01. The highest BCUT2D eigenvalue weighted by Gasteiger charge is 2.39. The van der Waals surface area contributed by atoms with Gasteiger partial charge >= 0.3 is 12.1 Å². The van der Waals surface area contributed by atoms with Crippen molar-refractivity contribution in [1.82, 2.24) is 4.98 Å². The molecule has 4 nitrogen and oxygen atoms in total. The fourth-order valence-corrected chi connectivity index (χ4v) is 2.08. The van der Waals surface area contributed by atoms with Gasteiger partial charge in [0, 0.05) is 5.56 Å². The van der Waals surface area contributed by atoms with Gasteiger partial charge in [-0.25, -0.2) is 9.78 Å². The number of hydrogen-bond acceptors (Lipinski definition) is 4. The molecule has 2 rings (SSSR count). The predicted molar refractivity (Wildman–Crippen MR) is 51.8 cm³/mol. The van der Waals surface area contributed by atoms with Crippen LogP contribution in [-0.2, 0) is 6.18 Å². The number of furan rings is 1. The highest BCUT2D eigenvalue weighted by molar-refractivity contribution is 7.17. The molecule has 0 radical (unpaired) electrons. The lowest BCUT2D eigenvalue weighted by atomic mass is 10.3. The molecular weight excluding hydrogens is 259 g/mol. The van der Waals surface area contributed by atoms with E-state index in [0.717, 1.165) is 0 Å². The van der Waals surface area contributed by atoms with E-state index in [0.29, 0.717) is 16.9 Å². The van der Waals surface area contributed by atoms with Gasteiger partial charge in [-0.3, -0.25) is 0 Å². The lowest BCUT2D eigenvalue weighted by molar-refractivity contribution is -0.141. The van der Waals surface area contributed by atoms with Gasteiger partial charge in [0.1, 0.15) is 16.1 Å². The Bertz CT molecular complexity index is 544. The second-order valence-corrected chi connectivity index (χ2v) is 4.01. The van der Waals surface area contributed by atoms with E-state index in [9.17, 15) is 18.0 Å². The summed E-state index contributed by atoms with van der Waals surface area (Å²) in [6, 6.07) is 1.41. The van der Waals surface area contributed by atoms with Crippen molar-refractivity contribution in [2.24, 2.45) is 0 Å². The van der Waals surface area contributed by atoms with Gasteiger partial charge in [-0.15, -0.1) is 11.3 Å². The molecule has 17 heavy (non-hydrogen) atoms. The number of halogens is 3. The maximum Gasteiger partial charge on any atom is 0.435 e. The van der Waals surface area contributed by atoms with E-state index in [-0.39, 0.29) is 5.01 Å². The largest absolute Gasteiger partial charge is 0.477 e. The molecule has 0 fully saturated rings. The highest BCUT2D eigenvalue weighted by Crippen LogP contribution is 2.37. The van der Waals surface area contributed by atoms with Crippen LogP contribution in [0.3, 0.4) is 0 Å². The van der Waals surface area contributed by atoms with E-state index in [1.807, 2.05) is 0 Å². The van der Waals surface area contributed by atoms with Crippen molar-refractivity contribution >= 4 is 17.3 Å². The van der Waals surface area contributed by atoms with Crippen molar-refractivity contribution in [2.75, 3.05) is 0 Å². The van der Waals surface area contributed by atoms with Crippen LogP contribution in [-0.4, -0.2) is 16.1 Å². The summed E-state index contributed by atoms with van der Waals surface area (Å²) in [6.07, 6.45) is -2.32. The topological polar surface area (TPSA) is 63.3 Å². The Kier molecular flexibility index (Phi) is 2.66. The number of hydrogen-bond donors (Lipinski definition) is 1. The van der Waals surface area contributed by atoms with E-state index < -0.39 is 22.7 Å². The van der Waals surface area contributed by atoms with Crippen LogP contribution in [0.15, 0.2) is 23.0 Å². The first kappa shape index (κ1) is 11.6. The van der Waals surface area contributed by atoms with Crippen LogP contribution in [0.25, 0.3) is 10.6 Å². The molecule has 0 aromatic carbocycles. The van der Waals surface area contributed by atoms with Gasteiger partial charge in [0.2, 0.25) is 0 Å². The Hall–Kier alpha value is -1.83. The van der Waals surface area contributed by atoms with E-state index in [1.165, 1.54) is 18.6 Å². The second kappa shape index (κ2) is 3.88. The SMILES string of the molecule is O=C(O)c1sc(-c2ccoc2)nc1C(F)(F)F. The number of carboxylic acid groups (broad SMARTS) is 1. The number of rotatable bonds is 2. The van der Waals surface area contributed by atoms with Gasteiger partial charge in [-0.1, -0.05) is 0 Å². The summed E-state index contributed by atoms with van der Waals surface area (Å²) in [5.41, 5.74) is -1.07. The average molecular weight is 263 g/mol. The number of thiazole rings is 1. The Morgan fingerprint density at radius 1 is 1.47 bits per heavy atom. The molecule has 90 valence electrons. The first-order valence-electron chi connectivity index (χ1n) is 4.23. The standard InChI is InChI=1S/C9H4F3NO3S/c10-9(11,12)6-5(8(14)15)17-7(13-6)4-1-2-16-3-4/h1-3H,(H,14,15). The van der Waals surface area contributed by atoms with Crippen LogP contribution < -0.4 is 0 Å². The van der Waals surface area contributed by atoms with Gasteiger partial charge in [0.15, 0.2) is 5.69 Å². The summed E-state index contributed by atoms with van der Waals surface area (Å²) in [6.45, 7) is 0. The first-order chi connectivity index (χ1) is 7.89. The van der Waals surface area contributed by atoms with Crippen LogP contribution in [0.1, 0.15) is 15.4 Å². The molecule has 0 bridgehead atoms. The van der Waals surface area contributed by atoms with Crippen LogP contribution in [0.5, 0.6) is 0 Å². The summed E-state index contributed by atoms with van der Waals surface area (Å²) >= 11 is 0.462. The summed E-state index contributed by atoms with van der Waals surface area (Å²) < 4.78 is 42.3. The lowest BCUT2D eigenvalue weighted by Gasteiger charge is -2.02. The number of aromatic carboxylic acids is 1. The smallest absolute Gasteiger partial charge is 0.435 e. The van der Waals surface area contributed by atoms with Crippen molar-refractivity contribution in [3.8, 4) is 10.6 Å². The highest BCUT2D eigenvalue weighted by atomic mass is 32.1. The molecule has 0 spiro atoms. The first-order valence-corrected chi connectivity index (χ1v) is 5.05. The van der Waals surface area contributed by atoms with Crippen LogP contribution >= 0.6 is 11.3 Å². The third-order valence-electron chi connectivity index (χ3n) is 1.86. The van der Waals surface area contributed by atoms with Crippen molar-refractivity contribution in [3.05, 3.63) is 29.2 Å². The number of aromatic nitrogens is 1. The van der Waals surface area contributed by atoms with Gasteiger partial charge in [-0.05, 0) is 6.07 Å². The molecule has 1 N–H and O–H groups in total. The number of carboxylic acids is 1. The Balaban J connectivity index is 2.56. The molecule has 0 amide bonds. The quantitative estimate of drug-likeness (QED) is 0.904. The normalized spacial score (nSPS) is 11.7. The van der Waals surface area contributed by atoms with Crippen LogP contribution in [0.4, 0.5) is 13.2 Å². The van der Waals surface area contributed by atoms with Crippen molar-refractivity contribution in [3.63, 3.8) is 0 Å². The van der Waals surface area contributed by atoms with Crippen molar-refractivity contribution in [1.29, 1.82) is 0 Å². The molecule has 2 heterocycles.